The molecule has 2 atom stereocenters. The van der Waals surface area contributed by atoms with Crippen LogP contribution in [0.5, 0.6) is 0 Å². The molecule has 0 radical (unpaired) electrons. The summed E-state index contributed by atoms with van der Waals surface area (Å²) >= 11 is 1.69. The van der Waals surface area contributed by atoms with E-state index in [1.807, 2.05) is 30.4 Å². The second kappa shape index (κ2) is 11.0. The van der Waals surface area contributed by atoms with Gasteiger partial charge in [-0.25, -0.2) is 9.78 Å². The standard InChI is InChI=1S/C27H25N5O2S.C2HF3O2/c33-26-27(20-3-1-2-4-23(20)29-26)14-21(27)17-5-7-19-22(30-31-24(19)13-17)8-6-18-16-35-25(28-18)15-32-9-11-34-12-10-32;3-2(4,5)1(6)7/h1-8,13,16,21H,9-12,14-15H2,(H,29,33)(H,30,31);(H,6,7)/t21-,27-;/m0./s1. The summed E-state index contributed by atoms with van der Waals surface area (Å²) in [6.07, 6.45) is -0.192. The molecule has 4 aromatic rings. The van der Waals surface area contributed by atoms with Gasteiger partial charge in [-0.05, 0) is 41.8 Å². The van der Waals surface area contributed by atoms with Gasteiger partial charge >= 0.3 is 12.1 Å². The van der Waals surface area contributed by atoms with Crippen LogP contribution in [0.1, 0.15) is 39.9 Å². The predicted octanol–water partition coefficient (Wildman–Crippen LogP) is 5.03. The largest absolute Gasteiger partial charge is 0.490 e. The van der Waals surface area contributed by atoms with Crippen LogP contribution in [0, 0.1) is 0 Å². The first-order chi connectivity index (χ1) is 20.1. The van der Waals surface area contributed by atoms with Crippen LogP contribution in [0.3, 0.4) is 0 Å². The molecule has 2 fully saturated rings. The molecule has 3 N–H and O–H groups in total. The van der Waals surface area contributed by atoms with E-state index in [4.69, 9.17) is 19.6 Å². The quantitative estimate of drug-likeness (QED) is 0.295. The number of anilines is 1. The van der Waals surface area contributed by atoms with Crippen molar-refractivity contribution in [1.29, 1.82) is 0 Å². The lowest BCUT2D eigenvalue weighted by atomic mass is 9.92. The van der Waals surface area contributed by atoms with E-state index >= 15 is 0 Å². The van der Waals surface area contributed by atoms with Gasteiger partial charge < -0.3 is 15.2 Å². The second-order valence-corrected chi connectivity index (χ2v) is 11.3. The van der Waals surface area contributed by atoms with Crippen LogP contribution in [0.25, 0.3) is 23.1 Å². The van der Waals surface area contributed by atoms with Crippen molar-refractivity contribution in [2.24, 2.45) is 0 Å². The molecule has 218 valence electrons. The van der Waals surface area contributed by atoms with Crippen LogP contribution in [-0.2, 0) is 26.3 Å². The molecule has 4 heterocycles. The number of aromatic nitrogens is 3. The number of hydrogen-bond acceptors (Lipinski definition) is 7. The first-order valence-corrected chi connectivity index (χ1v) is 14.1. The molecule has 2 aromatic carbocycles. The maximum atomic E-state index is 12.8. The fraction of sp³-hybridized carbons (Fsp3) is 0.310. The third-order valence-electron chi connectivity index (χ3n) is 7.73. The number of carbonyl (C=O) groups is 2. The molecule has 0 unspecified atom stereocenters. The lowest BCUT2D eigenvalue weighted by Gasteiger charge is -2.25. The Morgan fingerprint density at radius 2 is 1.95 bits per heavy atom. The summed E-state index contributed by atoms with van der Waals surface area (Å²) in [5, 5.41) is 22.2. The maximum absolute atomic E-state index is 12.8. The van der Waals surface area contributed by atoms with Gasteiger partial charge in [0.2, 0.25) is 5.91 Å². The van der Waals surface area contributed by atoms with Gasteiger partial charge in [-0.3, -0.25) is 14.8 Å². The van der Waals surface area contributed by atoms with Crippen molar-refractivity contribution < 1.29 is 32.6 Å². The first-order valence-electron chi connectivity index (χ1n) is 13.3. The normalized spacial score (nSPS) is 21.8. The number of fused-ring (bicyclic) bond motifs is 3. The molecule has 2 aromatic heterocycles. The third kappa shape index (κ3) is 5.42. The Morgan fingerprint density at radius 3 is 2.71 bits per heavy atom. The molecular formula is C29H26F3N5O4S. The minimum atomic E-state index is -5.08. The maximum Gasteiger partial charge on any atom is 0.490 e. The highest BCUT2D eigenvalue weighted by molar-refractivity contribution is 7.09. The number of ether oxygens (including phenoxy) is 1. The van der Waals surface area contributed by atoms with E-state index in [9.17, 15) is 18.0 Å². The number of carboxylic acids is 1. The average Bonchev–Trinajstić information content (AvgIpc) is 3.19. The van der Waals surface area contributed by atoms with Crippen molar-refractivity contribution in [2.45, 2.75) is 30.5 Å². The fourth-order valence-electron chi connectivity index (χ4n) is 5.54. The van der Waals surface area contributed by atoms with Gasteiger partial charge in [0.25, 0.3) is 0 Å². The van der Waals surface area contributed by atoms with E-state index in [0.29, 0.717) is 0 Å². The Hall–Kier alpha value is -4.07. The highest BCUT2D eigenvalue weighted by Gasteiger charge is 2.65. The van der Waals surface area contributed by atoms with Crippen molar-refractivity contribution in [1.82, 2.24) is 20.1 Å². The Kier molecular flexibility index (Phi) is 7.33. The van der Waals surface area contributed by atoms with Gasteiger partial charge in [-0.1, -0.05) is 30.3 Å². The number of thiazole rings is 1. The van der Waals surface area contributed by atoms with Crippen molar-refractivity contribution >= 4 is 52.0 Å². The Bertz CT molecular complexity index is 1680. The number of nitrogens with one attached hydrogen (secondary N) is 2. The smallest absolute Gasteiger partial charge is 0.475 e. The number of morpholine rings is 1. The van der Waals surface area contributed by atoms with Crippen molar-refractivity contribution in [2.75, 3.05) is 31.6 Å². The molecule has 0 bridgehead atoms. The van der Waals surface area contributed by atoms with E-state index in [1.54, 1.807) is 11.3 Å². The van der Waals surface area contributed by atoms with Crippen molar-refractivity contribution in [3.05, 3.63) is 75.4 Å². The predicted molar refractivity (Wildman–Crippen MR) is 151 cm³/mol. The summed E-state index contributed by atoms with van der Waals surface area (Å²) in [4.78, 5) is 28.9. The molecular weight excluding hydrogens is 571 g/mol. The lowest BCUT2D eigenvalue weighted by Crippen LogP contribution is -2.35. The Morgan fingerprint density at radius 1 is 1.19 bits per heavy atom. The highest BCUT2D eigenvalue weighted by atomic mass is 32.1. The molecule has 2 aliphatic heterocycles. The molecule has 1 spiro atoms. The van der Waals surface area contributed by atoms with Crippen LogP contribution in [-0.4, -0.2) is 69.5 Å². The molecule has 1 saturated heterocycles. The van der Waals surface area contributed by atoms with Crippen molar-refractivity contribution in [3.63, 3.8) is 0 Å². The van der Waals surface area contributed by atoms with E-state index < -0.39 is 17.6 Å². The van der Waals surface area contributed by atoms with Gasteiger partial charge in [0.1, 0.15) is 5.01 Å². The molecule has 3 aliphatic rings. The first kappa shape index (κ1) is 28.1. The van der Waals surface area contributed by atoms with E-state index in [-0.39, 0.29) is 11.8 Å². The summed E-state index contributed by atoms with van der Waals surface area (Å²) in [7, 11) is 0. The Labute approximate surface area is 242 Å². The molecule has 42 heavy (non-hydrogen) atoms. The Balaban J connectivity index is 0.000000405. The number of hydrogen-bond donors (Lipinski definition) is 3. The van der Waals surface area contributed by atoms with E-state index in [1.165, 1.54) is 5.56 Å². The topological polar surface area (TPSA) is 120 Å². The SMILES string of the molecule is O=C(O)C(F)(F)F.O=C1Nc2ccccc2[C@]12C[C@H]2c1ccc2c(C=Cc3csc(CN4CCOCC4)n3)n[nH]c2c1. The number of para-hydroxylation sites is 1. The van der Waals surface area contributed by atoms with Gasteiger partial charge in [0, 0.05) is 35.5 Å². The van der Waals surface area contributed by atoms with Gasteiger partial charge in [0.15, 0.2) is 0 Å². The molecule has 1 aliphatic carbocycles. The molecule has 7 rings (SSSR count). The minimum Gasteiger partial charge on any atom is -0.475 e. The molecule has 13 heteroatoms. The third-order valence-corrected chi connectivity index (χ3v) is 8.58. The van der Waals surface area contributed by atoms with Crippen LogP contribution in [0.2, 0.25) is 0 Å². The number of rotatable bonds is 5. The zero-order valence-corrected chi connectivity index (χ0v) is 23.0. The number of benzene rings is 2. The van der Waals surface area contributed by atoms with Gasteiger partial charge in [-0.2, -0.15) is 18.3 Å². The highest BCUT2D eigenvalue weighted by Crippen LogP contribution is 2.65. The number of nitrogens with zero attached hydrogens (tertiary/aromatic N) is 3. The zero-order valence-electron chi connectivity index (χ0n) is 22.1. The van der Waals surface area contributed by atoms with Crippen LogP contribution < -0.4 is 5.32 Å². The molecule has 1 saturated carbocycles. The summed E-state index contributed by atoms with van der Waals surface area (Å²) in [5.41, 5.74) is 5.67. The number of halogens is 3. The number of carboxylic acid groups (broad SMARTS) is 1. The summed E-state index contributed by atoms with van der Waals surface area (Å²) in [6, 6.07) is 14.5. The average molecular weight is 598 g/mol. The lowest BCUT2D eigenvalue weighted by molar-refractivity contribution is -0.192. The van der Waals surface area contributed by atoms with Crippen LogP contribution in [0.4, 0.5) is 18.9 Å². The fourth-order valence-corrected chi connectivity index (χ4v) is 6.35. The van der Waals surface area contributed by atoms with Crippen molar-refractivity contribution in [3.8, 4) is 0 Å². The summed E-state index contributed by atoms with van der Waals surface area (Å²) in [6.45, 7) is 4.40. The van der Waals surface area contributed by atoms with Gasteiger partial charge in [0.05, 0.1) is 42.1 Å². The zero-order chi connectivity index (χ0) is 29.5. The number of H-pyrrole nitrogens is 1. The minimum absolute atomic E-state index is 0.119. The monoisotopic (exact) mass is 597 g/mol. The molecule has 1 amide bonds. The van der Waals surface area contributed by atoms with E-state index in [2.05, 4.69) is 50.1 Å². The number of carbonyl (C=O) groups excluding carboxylic acids is 1. The molecule has 9 nitrogen and oxygen atoms in total. The summed E-state index contributed by atoms with van der Waals surface area (Å²) < 4.78 is 37.2. The van der Waals surface area contributed by atoms with Gasteiger partial charge in [-0.15, -0.1) is 11.3 Å². The van der Waals surface area contributed by atoms with Crippen LogP contribution in [0.15, 0.2) is 47.8 Å². The number of amides is 1. The van der Waals surface area contributed by atoms with Crippen LogP contribution >= 0.6 is 11.3 Å². The number of aromatic amines is 1. The van der Waals surface area contributed by atoms with E-state index in [0.717, 1.165) is 77.8 Å². The summed E-state index contributed by atoms with van der Waals surface area (Å²) in [5.74, 6) is -2.45. The number of alkyl halides is 3. The second-order valence-electron chi connectivity index (χ2n) is 10.3. The number of aliphatic carboxylic acids is 1.